The smallest absolute Gasteiger partial charge is 0.433 e. The van der Waals surface area contributed by atoms with Crippen LogP contribution in [-0.4, -0.2) is 64.4 Å². The lowest BCUT2D eigenvalue weighted by Crippen LogP contribution is -2.53. The van der Waals surface area contributed by atoms with Gasteiger partial charge < -0.3 is 24.7 Å². The van der Waals surface area contributed by atoms with Crippen LogP contribution in [0.4, 0.5) is 13.2 Å². The van der Waals surface area contributed by atoms with E-state index >= 15 is 0 Å². The molecule has 2 atom stereocenters. The van der Waals surface area contributed by atoms with Crippen molar-refractivity contribution in [2.75, 3.05) is 26.7 Å². The van der Waals surface area contributed by atoms with Gasteiger partial charge in [0.25, 0.3) is 5.91 Å². The Hall–Kier alpha value is -3.67. The van der Waals surface area contributed by atoms with Gasteiger partial charge in [0, 0.05) is 43.0 Å². The van der Waals surface area contributed by atoms with E-state index in [0.29, 0.717) is 43.4 Å². The molecule has 0 spiro atoms. The highest BCUT2D eigenvalue weighted by molar-refractivity contribution is 5.98. The highest BCUT2D eigenvalue weighted by atomic mass is 19.4. The first-order chi connectivity index (χ1) is 17.1. The van der Waals surface area contributed by atoms with E-state index in [4.69, 9.17) is 14.9 Å². The first-order valence-electron chi connectivity index (χ1n) is 11.5. The molecule has 0 saturated carbocycles. The number of methoxy groups -OCH3 is 1. The predicted molar refractivity (Wildman–Crippen MR) is 122 cm³/mol. The van der Waals surface area contributed by atoms with Crippen molar-refractivity contribution in [3.63, 3.8) is 0 Å². The summed E-state index contributed by atoms with van der Waals surface area (Å²) >= 11 is 0. The van der Waals surface area contributed by atoms with Crippen molar-refractivity contribution in [1.29, 1.82) is 0 Å². The van der Waals surface area contributed by atoms with E-state index in [0.717, 1.165) is 6.07 Å². The zero-order chi connectivity index (χ0) is 25.8. The third kappa shape index (κ3) is 4.04. The Labute approximate surface area is 204 Å². The van der Waals surface area contributed by atoms with Crippen LogP contribution in [0.15, 0.2) is 28.7 Å². The number of fused-ring (bicyclic) bond motifs is 2. The first-order valence-corrected chi connectivity index (χ1v) is 11.5. The molecule has 9 nitrogen and oxygen atoms in total. The topological polar surface area (TPSA) is 115 Å². The number of oxazole rings is 1. The molecule has 1 aromatic carbocycles. The van der Waals surface area contributed by atoms with Gasteiger partial charge >= 0.3 is 6.18 Å². The lowest BCUT2D eigenvalue weighted by atomic mass is 10.1. The van der Waals surface area contributed by atoms with Crippen LogP contribution in [0.5, 0.6) is 5.75 Å². The van der Waals surface area contributed by atoms with Crippen LogP contribution >= 0.6 is 0 Å². The minimum atomic E-state index is -4.63. The van der Waals surface area contributed by atoms with Crippen molar-refractivity contribution in [1.82, 2.24) is 19.8 Å². The van der Waals surface area contributed by atoms with Crippen molar-refractivity contribution in [2.24, 2.45) is 5.73 Å². The van der Waals surface area contributed by atoms with E-state index in [2.05, 4.69) is 9.97 Å². The molecule has 2 saturated heterocycles. The Kier molecular flexibility index (Phi) is 5.86. The number of rotatable bonds is 4. The molecule has 2 aromatic heterocycles. The zero-order valence-electron chi connectivity index (χ0n) is 19.6. The Morgan fingerprint density at radius 2 is 2.00 bits per heavy atom. The number of pyridine rings is 1. The second kappa shape index (κ2) is 8.77. The fraction of sp³-hybridized carbons (Fsp3) is 0.417. The molecule has 36 heavy (non-hydrogen) atoms. The van der Waals surface area contributed by atoms with Gasteiger partial charge in [0.15, 0.2) is 11.5 Å². The van der Waals surface area contributed by atoms with Crippen molar-refractivity contribution in [3.8, 4) is 17.2 Å². The van der Waals surface area contributed by atoms with E-state index in [1.807, 2.05) is 0 Å². The van der Waals surface area contributed by atoms with Crippen LogP contribution in [0.3, 0.4) is 0 Å². The number of ether oxygens (including phenoxy) is 1. The van der Waals surface area contributed by atoms with Gasteiger partial charge in [-0.25, -0.2) is 9.97 Å². The molecule has 2 amide bonds. The van der Waals surface area contributed by atoms with Gasteiger partial charge in [-0.15, -0.1) is 0 Å². The average Bonchev–Trinajstić information content (AvgIpc) is 3.46. The normalized spacial score (nSPS) is 19.1. The standard InChI is InChI=1S/C24H24F3N5O4/c1-12(28)21-20(23(34)31-9-10-32-13(11-31)3-8-18(32)33)30-22(36-21)15-4-6-16(35-2)19-14(15)5-7-17(29-19)24(25,26)27/h4-7,12-13H,3,8-11,28H2,1-2H3/t12-,13?/m0/s1. The quantitative estimate of drug-likeness (QED) is 0.581. The number of halogens is 3. The van der Waals surface area contributed by atoms with Crippen molar-refractivity contribution in [2.45, 2.75) is 38.0 Å². The molecular formula is C24H24F3N5O4. The number of nitrogens with two attached hydrogens (primary N) is 1. The van der Waals surface area contributed by atoms with E-state index in [1.165, 1.54) is 19.2 Å². The van der Waals surface area contributed by atoms with E-state index in [1.54, 1.807) is 22.8 Å². The number of hydrogen-bond donors (Lipinski definition) is 1. The Morgan fingerprint density at radius 3 is 2.69 bits per heavy atom. The van der Waals surface area contributed by atoms with Crippen LogP contribution < -0.4 is 10.5 Å². The van der Waals surface area contributed by atoms with Gasteiger partial charge in [0.1, 0.15) is 17.0 Å². The summed E-state index contributed by atoms with van der Waals surface area (Å²) in [5, 5.41) is 0.317. The van der Waals surface area contributed by atoms with Gasteiger partial charge in [-0.3, -0.25) is 9.59 Å². The Balaban J connectivity index is 1.55. The first kappa shape index (κ1) is 24.0. The van der Waals surface area contributed by atoms with Gasteiger partial charge in [0.05, 0.1) is 13.2 Å². The van der Waals surface area contributed by atoms with E-state index < -0.39 is 17.9 Å². The fourth-order valence-corrected chi connectivity index (χ4v) is 4.81. The number of piperazine rings is 1. The number of aromatic nitrogens is 2. The summed E-state index contributed by atoms with van der Waals surface area (Å²) in [7, 11) is 1.34. The van der Waals surface area contributed by atoms with E-state index in [-0.39, 0.29) is 46.5 Å². The molecule has 3 aromatic rings. The van der Waals surface area contributed by atoms with Crippen LogP contribution in [0.1, 0.15) is 47.7 Å². The second-order valence-electron chi connectivity index (χ2n) is 8.96. The van der Waals surface area contributed by atoms with Gasteiger partial charge in [-0.1, -0.05) is 0 Å². The molecule has 2 fully saturated rings. The van der Waals surface area contributed by atoms with Crippen LogP contribution in [0.2, 0.25) is 0 Å². The van der Waals surface area contributed by atoms with Gasteiger partial charge in [-0.2, -0.15) is 13.2 Å². The highest BCUT2D eigenvalue weighted by Gasteiger charge is 2.39. The maximum atomic E-state index is 13.4. The monoisotopic (exact) mass is 503 g/mol. The molecule has 2 aliphatic rings. The number of nitrogens with zero attached hydrogens (tertiary/aromatic N) is 4. The predicted octanol–water partition coefficient (Wildman–Crippen LogP) is 3.38. The summed E-state index contributed by atoms with van der Waals surface area (Å²) in [5.74, 6) is 0.0878. The zero-order valence-corrected chi connectivity index (χ0v) is 19.6. The molecule has 0 bridgehead atoms. The molecule has 0 radical (unpaired) electrons. The Bertz CT molecular complexity index is 1350. The van der Waals surface area contributed by atoms with Gasteiger partial charge in [0.2, 0.25) is 11.8 Å². The lowest BCUT2D eigenvalue weighted by Gasteiger charge is -2.37. The maximum absolute atomic E-state index is 13.4. The summed E-state index contributed by atoms with van der Waals surface area (Å²) in [6.07, 6.45) is -3.47. The lowest BCUT2D eigenvalue weighted by molar-refractivity contribution is -0.141. The number of carbonyl (C=O) groups is 2. The summed E-state index contributed by atoms with van der Waals surface area (Å²) in [4.78, 5) is 37.1. The Morgan fingerprint density at radius 1 is 1.22 bits per heavy atom. The largest absolute Gasteiger partial charge is 0.494 e. The van der Waals surface area contributed by atoms with Crippen LogP contribution in [0.25, 0.3) is 22.4 Å². The molecule has 0 aliphatic carbocycles. The van der Waals surface area contributed by atoms with Crippen LogP contribution in [-0.2, 0) is 11.0 Å². The van der Waals surface area contributed by atoms with Crippen molar-refractivity contribution in [3.05, 3.63) is 41.4 Å². The molecule has 4 heterocycles. The molecule has 190 valence electrons. The minimum absolute atomic E-state index is 0.0136. The molecule has 2 N–H and O–H groups in total. The minimum Gasteiger partial charge on any atom is -0.494 e. The molecule has 2 aliphatic heterocycles. The maximum Gasteiger partial charge on any atom is 0.433 e. The SMILES string of the molecule is COc1ccc(-c2nc(C(=O)N3CCN4C(=O)CCC4C3)c([C@H](C)N)o2)c2ccc(C(F)(F)F)nc12. The number of amides is 2. The fourth-order valence-electron chi connectivity index (χ4n) is 4.81. The number of hydrogen-bond acceptors (Lipinski definition) is 7. The van der Waals surface area contributed by atoms with E-state index in [9.17, 15) is 22.8 Å². The average molecular weight is 503 g/mol. The van der Waals surface area contributed by atoms with Crippen molar-refractivity contribution < 1.29 is 31.9 Å². The molecule has 1 unspecified atom stereocenters. The third-order valence-electron chi connectivity index (χ3n) is 6.61. The summed E-state index contributed by atoms with van der Waals surface area (Å²) in [6, 6.07) is 4.51. The molecular weight excluding hydrogens is 479 g/mol. The summed E-state index contributed by atoms with van der Waals surface area (Å²) < 4.78 is 51.0. The third-order valence-corrected chi connectivity index (χ3v) is 6.61. The number of benzene rings is 1. The second-order valence-corrected chi connectivity index (χ2v) is 8.96. The number of alkyl halides is 3. The van der Waals surface area contributed by atoms with Crippen LogP contribution in [0, 0.1) is 0 Å². The number of carbonyl (C=O) groups excluding carboxylic acids is 2. The highest BCUT2D eigenvalue weighted by Crippen LogP contribution is 2.37. The summed E-state index contributed by atoms with van der Waals surface area (Å²) in [5.41, 5.74) is 5.40. The van der Waals surface area contributed by atoms with Crippen molar-refractivity contribution >= 4 is 22.7 Å². The summed E-state index contributed by atoms with van der Waals surface area (Å²) in [6.45, 7) is 2.85. The van der Waals surface area contributed by atoms with Gasteiger partial charge in [-0.05, 0) is 37.6 Å². The molecule has 5 rings (SSSR count). The molecule has 12 heteroatoms.